The van der Waals surface area contributed by atoms with E-state index in [-0.39, 0.29) is 17.4 Å². The average molecular weight is 409 g/mol. The van der Waals surface area contributed by atoms with E-state index >= 15 is 0 Å². The van der Waals surface area contributed by atoms with Crippen molar-refractivity contribution in [3.05, 3.63) is 81.2 Å². The monoisotopic (exact) mass is 408 g/mol. The van der Waals surface area contributed by atoms with E-state index in [9.17, 15) is 9.59 Å². The molecular weight excluding hydrogens is 392 g/mol. The van der Waals surface area contributed by atoms with E-state index in [1.807, 2.05) is 24.3 Å². The molecule has 0 unspecified atom stereocenters. The minimum atomic E-state index is -0.536. The number of hydrogen-bond acceptors (Lipinski definition) is 5. The van der Waals surface area contributed by atoms with Crippen LogP contribution in [-0.4, -0.2) is 20.5 Å². The summed E-state index contributed by atoms with van der Waals surface area (Å²) in [5.41, 5.74) is 1.74. The zero-order chi connectivity index (χ0) is 20.5. The Kier molecular flexibility index (Phi) is 4.90. The van der Waals surface area contributed by atoms with E-state index in [4.69, 9.17) is 16.0 Å². The lowest BCUT2D eigenvalue weighted by molar-refractivity contribution is 0.102. The lowest BCUT2D eigenvalue weighted by Crippen LogP contribution is -2.23. The van der Waals surface area contributed by atoms with Crippen LogP contribution in [0.3, 0.4) is 0 Å². The number of hydrogen-bond donors (Lipinski definition) is 1. The highest BCUT2D eigenvalue weighted by Crippen LogP contribution is 2.22. The van der Waals surface area contributed by atoms with Crippen molar-refractivity contribution in [2.24, 2.45) is 0 Å². The highest BCUT2D eigenvalue weighted by atomic mass is 35.5. The van der Waals surface area contributed by atoms with Crippen LogP contribution in [-0.2, 0) is 0 Å². The van der Waals surface area contributed by atoms with E-state index in [1.165, 1.54) is 11.8 Å². The molecule has 0 radical (unpaired) electrons. The molecule has 0 bridgehead atoms. The van der Waals surface area contributed by atoms with Gasteiger partial charge in [0.1, 0.15) is 5.69 Å². The number of aromatic nitrogens is 3. The van der Waals surface area contributed by atoms with E-state index in [1.54, 1.807) is 24.3 Å². The topological polar surface area (TPSA) is 89.5 Å². The van der Waals surface area contributed by atoms with Crippen LogP contribution in [0.4, 0.5) is 5.69 Å². The number of nitrogens with one attached hydrogen (secondary N) is 1. The number of amides is 1. The van der Waals surface area contributed by atoms with Gasteiger partial charge in [0.25, 0.3) is 5.91 Å². The third-order valence-corrected chi connectivity index (χ3v) is 4.72. The van der Waals surface area contributed by atoms with Crippen LogP contribution >= 0.6 is 11.6 Å². The minimum Gasteiger partial charge on any atom is -0.403 e. The second-order valence-corrected chi connectivity index (χ2v) is 7.25. The van der Waals surface area contributed by atoms with Crippen LogP contribution in [0, 0.1) is 0 Å². The summed E-state index contributed by atoms with van der Waals surface area (Å²) in [6.07, 6.45) is 1.25. The number of carbonyl (C=O) groups is 1. The third-order valence-electron chi connectivity index (χ3n) is 4.47. The van der Waals surface area contributed by atoms with Crippen molar-refractivity contribution < 1.29 is 9.21 Å². The molecule has 0 aliphatic rings. The van der Waals surface area contributed by atoms with Crippen molar-refractivity contribution in [2.45, 2.75) is 19.8 Å². The number of anilines is 1. The Hall–Kier alpha value is -3.45. The first-order chi connectivity index (χ1) is 13.9. The predicted octanol–water partition coefficient (Wildman–Crippen LogP) is 4.38. The summed E-state index contributed by atoms with van der Waals surface area (Å²) in [6.45, 7) is 4.22. The molecule has 0 saturated heterocycles. The first kappa shape index (κ1) is 18.9. The number of nitrogens with zero attached hydrogens (tertiary/aromatic N) is 3. The molecule has 2 aromatic heterocycles. The molecule has 0 spiro atoms. The highest BCUT2D eigenvalue weighted by Gasteiger charge is 2.15. The van der Waals surface area contributed by atoms with Gasteiger partial charge in [-0.25, -0.2) is 4.98 Å². The number of carbonyl (C=O) groups excluding carboxylic acids is 1. The minimum absolute atomic E-state index is 0.00236. The molecule has 7 nitrogen and oxygen atoms in total. The number of benzene rings is 2. The average Bonchev–Trinajstić information content (AvgIpc) is 3.16. The van der Waals surface area contributed by atoms with Crippen molar-refractivity contribution in [1.29, 1.82) is 0 Å². The van der Waals surface area contributed by atoms with Crippen LogP contribution in [0.15, 0.2) is 63.9 Å². The third kappa shape index (κ3) is 3.77. The van der Waals surface area contributed by atoms with Crippen molar-refractivity contribution in [1.82, 2.24) is 14.6 Å². The van der Waals surface area contributed by atoms with Crippen molar-refractivity contribution >= 4 is 29.0 Å². The maximum Gasteiger partial charge on any atom is 0.328 e. The molecule has 0 fully saturated rings. The molecule has 8 heteroatoms. The molecule has 0 aliphatic carbocycles. The van der Waals surface area contributed by atoms with Gasteiger partial charge in [-0.2, -0.15) is 0 Å². The Morgan fingerprint density at radius 3 is 2.45 bits per heavy atom. The maximum atomic E-state index is 12.7. The molecule has 4 aromatic rings. The predicted molar refractivity (Wildman–Crippen MR) is 110 cm³/mol. The van der Waals surface area contributed by atoms with Gasteiger partial charge in [-0.15, -0.1) is 9.61 Å². The van der Waals surface area contributed by atoms with Crippen LogP contribution in [0.1, 0.15) is 35.7 Å². The second kappa shape index (κ2) is 7.52. The van der Waals surface area contributed by atoms with E-state index < -0.39 is 11.5 Å². The Bertz CT molecular complexity index is 1240. The number of halogens is 1. The van der Waals surface area contributed by atoms with Crippen molar-refractivity contribution in [3.63, 3.8) is 0 Å². The summed E-state index contributed by atoms with van der Waals surface area (Å²) in [4.78, 5) is 29.1. The normalized spacial score (nSPS) is 11.2. The molecule has 0 atom stereocenters. The summed E-state index contributed by atoms with van der Waals surface area (Å²) in [5.74, 6) is 0.269. The Balaban J connectivity index is 1.64. The zero-order valence-electron chi connectivity index (χ0n) is 15.7. The van der Waals surface area contributed by atoms with Gasteiger partial charge in [0.05, 0.1) is 6.20 Å². The van der Waals surface area contributed by atoms with E-state index in [0.717, 1.165) is 10.1 Å². The quantitative estimate of drug-likeness (QED) is 0.541. The standard InChI is InChI=1S/C21H17ClN4O3/c1-12(2)13-3-5-15(6-4-13)19-25-26-20(28)17(11-23-21(26)29-19)24-18(27)14-7-9-16(22)10-8-14/h3-12H,1-2H3,(H,24,27). The SMILES string of the molecule is CC(C)c1ccc(-c2nn3c(=O)c(NC(=O)c4ccc(Cl)cc4)cnc3o2)cc1. The largest absolute Gasteiger partial charge is 0.403 e. The molecule has 1 amide bonds. The highest BCUT2D eigenvalue weighted by molar-refractivity contribution is 6.30. The van der Waals surface area contributed by atoms with Gasteiger partial charge in [-0.1, -0.05) is 37.6 Å². The van der Waals surface area contributed by atoms with Gasteiger partial charge < -0.3 is 9.73 Å². The van der Waals surface area contributed by atoms with Gasteiger partial charge in [0.15, 0.2) is 0 Å². The number of fused-ring (bicyclic) bond motifs is 1. The first-order valence-corrected chi connectivity index (χ1v) is 9.36. The molecule has 29 heavy (non-hydrogen) atoms. The van der Waals surface area contributed by atoms with Gasteiger partial charge in [-0.3, -0.25) is 9.59 Å². The fraction of sp³-hybridized carbons (Fsp3) is 0.143. The van der Waals surface area contributed by atoms with E-state index in [0.29, 0.717) is 16.5 Å². The van der Waals surface area contributed by atoms with Crippen LogP contribution < -0.4 is 10.9 Å². The summed E-state index contributed by atoms with van der Waals surface area (Å²) < 4.78 is 6.64. The van der Waals surface area contributed by atoms with Gasteiger partial charge in [0, 0.05) is 16.1 Å². The lowest BCUT2D eigenvalue weighted by atomic mass is 10.0. The van der Waals surface area contributed by atoms with Crippen LogP contribution in [0.25, 0.3) is 17.3 Å². The summed E-state index contributed by atoms with van der Waals surface area (Å²) in [7, 11) is 0. The zero-order valence-corrected chi connectivity index (χ0v) is 16.5. The van der Waals surface area contributed by atoms with Crippen molar-refractivity contribution in [2.75, 3.05) is 5.32 Å². The summed E-state index contributed by atoms with van der Waals surface area (Å²) in [6, 6.07) is 14.1. The summed E-state index contributed by atoms with van der Waals surface area (Å²) in [5, 5.41) is 7.28. The number of rotatable bonds is 4. The lowest BCUT2D eigenvalue weighted by Gasteiger charge is -2.04. The second-order valence-electron chi connectivity index (χ2n) is 6.82. The molecule has 2 heterocycles. The van der Waals surface area contributed by atoms with Crippen LogP contribution in [0.2, 0.25) is 5.02 Å². The molecule has 146 valence electrons. The Labute approximate surface area is 171 Å². The molecule has 2 aromatic carbocycles. The fourth-order valence-electron chi connectivity index (χ4n) is 2.79. The fourth-order valence-corrected chi connectivity index (χ4v) is 2.92. The maximum absolute atomic E-state index is 12.7. The van der Waals surface area contributed by atoms with Gasteiger partial charge in [-0.05, 0) is 47.9 Å². The van der Waals surface area contributed by atoms with Gasteiger partial charge >= 0.3 is 11.4 Å². The summed E-state index contributed by atoms with van der Waals surface area (Å²) >= 11 is 5.83. The van der Waals surface area contributed by atoms with E-state index in [2.05, 4.69) is 29.2 Å². The smallest absolute Gasteiger partial charge is 0.328 e. The molecule has 1 N–H and O–H groups in total. The molecule has 0 saturated carbocycles. The molecular formula is C21H17ClN4O3. The Morgan fingerprint density at radius 2 is 1.79 bits per heavy atom. The molecule has 4 rings (SSSR count). The van der Waals surface area contributed by atoms with Crippen molar-refractivity contribution in [3.8, 4) is 11.5 Å². The van der Waals surface area contributed by atoms with Gasteiger partial charge in [0.2, 0.25) is 5.89 Å². The molecule has 0 aliphatic heterocycles. The first-order valence-electron chi connectivity index (χ1n) is 8.98. The Morgan fingerprint density at radius 1 is 1.10 bits per heavy atom. The van der Waals surface area contributed by atoms with Crippen LogP contribution in [0.5, 0.6) is 0 Å².